The average molecular weight is 563 g/mol. The molecule has 3 aromatic rings. The van der Waals surface area contributed by atoms with E-state index >= 15 is 0 Å². The second-order valence-electron chi connectivity index (χ2n) is 9.07. The fourth-order valence-corrected chi connectivity index (χ4v) is 4.91. The predicted octanol–water partition coefficient (Wildman–Crippen LogP) is 1.59. The van der Waals surface area contributed by atoms with Gasteiger partial charge in [0.05, 0.1) is 36.2 Å². The van der Waals surface area contributed by atoms with Crippen molar-refractivity contribution in [1.29, 1.82) is 0 Å². The zero-order valence-electron chi connectivity index (χ0n) is 19.8. The Bertz CT molecular complexity index is 1290. The van der Waals surface area contributed by atoms with Crippen molar-refractivity contribution in [3.8, 4) is 11.3 Å². The lowest BCUT2D eigenvalue weighted by molar-refractivity contribution is -0.212. The molecule has 2 N–H and O–H groups in total. The second-order valence-corrected chi connectivity index (χ2v) is 9.48. The van der Waals surface area contributed by atoms with Crippen LogP contribution in [0.2, 0.25) is 5.02 Å². The first-order valence-corrected chi connectivity index (χ1v) is 11.9. The molecule has 0 aliphatic carbocycles. The molecule has 0 spiro atoms. The van der Waals surface area contributed by atoms with Crippen molar-refractivity contribution < 1.29 is 42.0 Å². The summed E-state index contributed by atoms with van der Waals surface area (Å²) in [5, 5.41) is 36.1. The summed E-state index contributed by atoms with van der Waals surface area (Å²) in [7, 11) is 1.36. The van der Waals surface area contributed by atoms with Crippen LogP contribution >= 0.6 is 11.6 Å². The Balaban J connectivity index is 1.42. The molecular weight excluding hydrogens is 540 g/mol. The third-order valence-electron chi connectivity index (χ3n) is 6.71. The SMILES string of the molecule is CO[C@@H]1[C@@H](n2cc(-c3ccc(Cl)c(F)c3F)nn2)[C@@H](O)[C@@H](CO)O[C@@H]1Cc1cn([C@H]2COCC2(F)F)nn1. The Morgan fingerprint density at radius 2 is 1.89 bits per heavy atom. The van der Waals surface area contributed by atoms with Gasteiger partial charge in [-0.25, -0.2) is 26.9 Å². The number of aliphatic hydroxyl groups excluding tert-OH is 2. The lowest BCUT2D eigenvalue weighted by Crippen LogP contribution is -2.57. The molecule has 0 bridgehead atoms. The number of aliphatic hydroxyl groups is 2. The first-order chi connectivity index (χ1) is 18.1. The summed E-state index contributed by atoms with van der Waals surface area (Å²) in [6.45, 7) is -1.50. The number of methoxy groups -OCH3 is 1. The quantitative estimate of drug-likeness (QED) is 0.326. The molecule has 2 fully saturated rings. The van der Waals surface area contributed by atoms with Gasteiger partial charge in [-0.15, -0.1) is 10.2 Å². The summed E-state index contributed by atoms with van der Waals surface area (Å²) in [6, 6.07) is 0.125. The van der Waals surface area contributed by atoms with Crippen molar-refractivity contribution in [3.63, 3.8) is 0 Å². The van der Waals surface area contributed by atoms with E-state index in [0.29, 0.717) is 5.69 Å². The van der Waals surface area contributed by atoms with Crippen molar-refractivity contribution in [2.45, 2.75) is 48.8 Å². The highest BCUT2D eigenvalue weighted by atomic mass is 35.5. The summed E-state index contributed by atoms with van der Waals surface area (Å²) in [5.74, 6) is -5.56. The minimum Gasteiger partial charge on any atom is -0.394 e. The highest BCUT2D eigenvalue weighted by Crippen LogP contribution is 2.36. The minimum atomic E-state index is -3.10. The number of nitrogens with zero attached hydrogens (tertiary/aromatic N) is 6. The van der Waals surface area contributed by atoms with Gasteiger partial charge in [-0.3, -0.25) is 0 Å². The molecule has 2 saturated heterocycles. The number of benzene rings is 1. The maximum Gasteiger partial charge on any atom is 0.295 e. The lowest BCUT2D eigenvalue weighted by Gasteiger charge is -2.43. The van der Waals surface area contributed by atoms with E-state index in [1.54, 1.807) is 0 Å². The van der Waals surface area contributed by atoms with Crippen LogP contribution < -0.4 is 0 Å². The second kappa shape index (κ2) is 10.5. The first kappa shape index (κ1) is 26.9. The molecule has 5 rings (SSSR count). The maximum absolute atomic E-state index is 14.5. The molecule has 1 aromatic carbocycles. The standard InChI is InChI=1S/C22H23ClF4N6O5/c1-36-21-14(4-10-5-32(30-28-10)16-8-37-9-22(16,26)27)38-15(7-34)20(35)19(21)33-6-13(29-31-33)11-2-3-12(23)18(25)17(11)24/h2-3,5-6,14-16,19-21,34-35H,4,7-9H2,1H3/t14-,15-,16+,19+,20+,21+/m1/s1. The van der Waals surface area contributed by atoms with E-state index in [0.717, 1.165) is 4.68 Å². The van der Waals surface area contributed by atoms with Gasteiger partial charge in [-0.1, -0.05) is 22.0 Å². The van der Waals surface area contributed by atoms with Crippen LogP contribution in [0.4, 0.5) is 17.6 Å². The number of aromatic nitrogens is 6. The molecule has 6 atom stereocenters. The first-order valence-electron chi connectivity index (χ1n) is 11.5. The monoisotopic (exact) mass is 562 g/mol. The zero-order chi connectivity index (χ0) is 27.2. The molecule has 2 aliphatic heterocycles. The van der Waals surface area contributed by atoms with Gasteiger partial charge in [0.1, 0.15) is 42.7 Å². The van der Waals surface area contributed by atoms with E-state index in [-0.39, 0.29) is 24.3 Å². The number of alkyl halides is 2. The normalized spacial score (nSPS) is 29.2. The van der Waals surface area contributed by atoms with Crippen molar-refractivity contribution in [1.82, 2.24) is 30.0 Å². The number of hydrogen-bond acceptors (Lipinski definition) is 9. The highest BCUT2D eigenvalue weighted by molar-refractivity contribution is 6.30. The maximum atomic E-state index is 14.5. The molecule has 0 unspecified atom stereocenters. The average Bonchev–Trinajstić information content (AvgIpc) is 3.63. The fourth-order valence-electron chi connectivity index (χ4n) is 4.76. The van der Waals surface area contributed by atoms with Gasteiger partial charge in [0.15, 0.2) is 11.6 Å². The van der Waals surface area contributed by atoms with Crippen molar-refractivity contribution in [2.24, 2.45) is 0 Å². The van der Waals surface area contributed by atoms with Gasteiger partial charge < -0.3 is 24.4 Å². The van der Waals surface area contributed by atoms with Gasteiger partial charge in [-0.2, -0.15) is 0 Å². The van der Waals surface area contributed by atoms with E-state index in [1.807, 2.05) is 0 Å². The third kappa shape index (κ3) is 4.78. The van der Waals surface area contributed by atoms with Crippen LogP contribution in [0.5, 0.6) is 0 Å². The van der Waals surface area contributed by atoms with Crippen LogP contribution in [0, 0.1) is 11.6 Å². The molecule has 2 aromatic heterocycles. The molecular formula is C22H23ClF4N6O5. The zero-order valence-corrected chi connectivity index (χ0v) is 20.6. The van der Waals surface area contributed by atoms with Crippen molar-refractivity contribution >= 4 is 11.6 Å². The lowest BCUT2D eigenvalue weighted by atomic mass is 9.90. The summed E-state index contributed by atoms with van der Waals surface area (Å²) in [6.07, 6.45) is -1.51. The topological polar surface area (TPSA) is 130 Å². The number of ether oxygens (including phenoxy) is 3. The molecule has 4 heterocycles. The summed E-state index contributed by atoms with van der Waals surface area (Å²) in [4.78, 5) is 0. The molecule has 38 heavy (non-hydrogen) atoms. The number of halogens is 5. The summed E-state index contributed by atoms with van der Waals surface area (Å²) in [5.41, 5.74) is 0.0594. The Kier molecular flexibility index (Phi) is 7.41. The van der Waals surface area contributed by atoms with Crippen molar-refractivity contribution in [3.05, 3.63) is 46.9 Å². The molecule has 206 valence electrons. The molecule has 0 amide bonds. The Labute approximate surface area is 217 Å². The molecule has 0 radical (unpaired) electrons. The summed E-state index contributed by atoms with van der Waals surface area (Å²) < 4.78 is 75.2. The van der Waals surface area contributed by atoms with E-state index in [4.69, 9.17) is 25.8 Å². The smallest absolute Gasteiger partial charge is 0.295 e. The minimum absolute atomic E-state index is 0.0238. The Morgan fingerprint density at radius 3 is 2.58 bits per heavy atom. The fraction of sp³-hybridized carbons (Fsp3) is 0.545. The molecule has 16 heteroatoms. The summed E-state index contributed by atoms with van der Waals surface area (Å²) >= 11 is 5.63. The van der Waals surface area contributed by atoms with E-state index in [9.17, 15) is 27.8 Å². The number of hydrogen-bond donors (Lipinski definition) is 2. The van der Waals surface area contributed by atoms with Gasteiger partial charge in [0.25, 0.3) is 5.92 Å². The van der Waals surface area contributed by atoms with Crippen LogP contribution in [0.1, 0.15) is 17.8 Å². The van der Waals surface area contributed by atoms with Gasteiger partial charge in [-0.05, 0) is 12.1 Å². The van der Waals surface area contributed by atoms with Gasteiger partial charge in [0.2, 0.25) is 0 Å². The van der Waals surface area contributed by atoms with Crippen LogP contribution in [-0.2, 0) is 20.6 Å². The third-order valence-corrected chi connectivity index (χ3v) is 7.00. The van der Waals surface area contributed by atoms with E-state index in [2.05, 4.69) is 20.6 Å². The number of rotatable bonds is 7. The predicted molar refractivity (Wildman–Crippen MR) is 121 cm³/mol. The van der Waals surface area contributed by atoms with E-state index in [1.165, 1.54) is 36.3 Å². The van der Waals surface area contributed by atoms with Crippen LogP contribution in [-0.4, -0.2) is 97.5 Å². The van der Waals surface area contributed by atoms with Gasteiger partial charge >= 0.3 is 0 Å². The largest absolute Gasteiger partial charge is 0.394 e. The van der Waals surface area contributed by atoms with Crippen LogP contribution in [0.15, 0.2) is 24.5 Å². The van der Waals surface area contributed by atoms with Crippen LogP contribution in [0.25, 0.3) is 11.3 Å². The van der Waals surface area contributed by atoms with Crippen molar-refractivity contribution in [2.75, 3.05) is 26.9 Å². The molecule has 0 saturated carbocycles. The highest BCUT2D eigenvalue weighted by Gasteiger charge is 2.49. The van der Waals surface area contributed by atoms with E-state index < -0.39 is 72.3 Å². The molecule has 2 aliphatic rings. The Morgan fingerprint density at radius 1 is 1.13 bits per heavy atom. The van der Waals surface area contributed by atoms with Crippen LogP contribution in [0.3, 0.4) is 0 Å². The molecule has 11 nitrogen and oxygen atoms in total. The van der Waals surface area contributed by atoms with Gasteiger partial charge in [0, 0.05) is 25.3 Å². The Hall–Kier alpha value is -2.69.